The fourth-order valence-electron chi connectivity index (χ4n) is 2.01. The topological polar surface area (TPSA) is 18.5 Å². The van der Waals surface area contributed by atoms with Crippen LogP contribution in [0, 0.1) is 6.92 Å². The number of ether oxygens (including phenoxy) is 2. The standard InChI is InChI=1S/C16H26O2/c1-12-7-9-14(16(2,3)4)11-13(12)8-10-15(17-5)18-6/h7,9,11,15H,8,10H2,1-6H3. The molecule has 0 spiro atoms. The Hall–Kier alpha value is -0.860. The van der Waals surface area contributed by atoms with Gasteiger partial charge in [-0.15, -0.1) is 0 Å². The molecule has 0 N–H and O–H groups in total. The highest BCUT2D eigenvalue weighted by molar-refractivity contribution is 5.34. The van der Waals surface area contributed by atoms with Gasteiger partial charge in [-0.3, -0.25) is 0 Å². The minimum Gasteiger partial charge on any atom is -0.356 e. The van der Waals surface area contributed by atoms with Crippen molar-refractivity contribution in [2.45, 2.75) is 52.2 Å². The van der Waals surface area contributed by atoms with Crippen molar-refractivity contribution in [3.8, 4) is 0 Å². The second-order valence-electron chi connectivity index (χ2n) is 5.83. The molecule has 0 radical (unpaired) electrons. The smallest absolute Gasteiger partial charge is 0.157 e. The largest absolute Gasteiger partial charge is 0.356 e. The van der Waals surface area contributed by atoms with Crippen molar-refractivity contribution < 1.29 is 9.47 Å². The van der Waals surface area contributed by atoms with E-state index in [4.69, 9.17) is 9.47 Å². The molecule has 1 rings (SSSR count). The molecular weight excluding hydrogens is 224 g/mol. The predicted octanol–water partition coefficient (Wildman–Crippen LogP) is 3.84. The fourth-order valence-corrected chi connectivity index (χ4v) is 2.01. The van der Waals surface area contributed by atoms with Gasteiger partial charge >= 0.3 is 0 Å². The number of rotatable bonds is 5. The van der Waals surface area contributed by atoms with E-state index in [0.717, 1.165) is 12.8 Å². The first kappa shape index (κ1) is 15.2. The second kappa shape index (κ2) is 6.35. The van der Waals surface area contributed by atoms with Crippen LogP contribution in [0.25, 0.3) is 0 Å². The number of aryl methyl sites for hydroxylation is 2. The van der Waals surface area contributed by atoms with Crippen molar-refractivity contribution >= 4 is 0 Å². The predicted molar refractivity (Wildman–Crippen MR) is 76.0 cm³/mol. The Balaban J connectivity index is 2.82. The van der Waals surface area contributed by atoms with Crippen molar-refractivity contribution in [3.63, 3.8) is 0 Å². The molecule has 0 fully saturated rings. The van der Waals surface area contributed by atoms with Gasteiger partial charge in [-0.05, 0) is 35.4 Å². The molecule has 0 saturated heterocycles. The van der Waals surface area contributed by atoms with Crippen LogP contribution in [-0.2, 0) is 21.3 Å². The minimum absolute atomic E-state index is 0.109. The molecule has 0 saturated carbocycles. The molecule has 0 aliphatic heterocycles. The van der Waals surface area contributed by atoms with Crippen LogP contribution in [0.5, 0.6) is 0 Å². The molecule has 0 atom stereocenters. The summed E-state index contributed by atoms with van der Waals surface area (Å²) in [6.45, 7) is 8.90. The normalized spacial score (nSPS) is 12.2. The SMILES string of the molecule is COC(CCc1cc(C(C)(C)C)ccc1C)OC. The molecule has 2 heteroatoms. The van der Waals surface area contributed by atoms with E-state index in [-0.39, 0.29) is 11.7 Å². The zero-order valence-corrected chi connectivity index (χ0v) is 12.5. The lowest BCUT2D eigenvalue weighted by Crippen LogP contribution is -2.15. The van der Waals surface area contributed by atoms with E-state index in [2.05, 4.69) is 45.9 Å². The summed E-state index contributed by atoms with van der Waals surface area (Å²) in [6.07, 6.45) is 1.77. The van der Waals surface area contributed by atoms with E-state index >= 15 is 0 Å². The van der Waals surface area contributed by atoms with Crippen molar-refractivity contribution in [3.05, 3.63) is 34.9 Å². The van der Waals surface area contributed by atoms with Crippen LogP contribution in [0.2, 0.25) is 0 Å². The van der Waals surface area contributed by atoms with Gasteiger partial charge in [0, 0.05) is 20.6 Å². The Morgan fingerprint density at radius 1 is 1.11 bits per heavy atom. The summed E-state index contributed by atoms with van der Waals surface area (Å²) in [6, 6.07) is 6.76. The Morgan fingerprint density at radius 2 is 1.72 bits per heavy atom. The lowest BCUT2D eigenvalue weighted by atomic mass is 9.85. The van der Waals surface area contributed by atoms with E-state index in [1.165, 1.54) is 16.7 Å². The molecule has 102 valence electrons. The zero-order chi connectivity index (χ0) is 13.8. The van der Waals surface area contributed by atoms with Crippen LogP contribution in [-0.4, -0.2) is 20.5 Å². The number of benzene rings is 1. The maximum Gasteiger partial charge on any atom is 0.157 e. The molecule has 2 nitrogen and oxygen atoms in total. The van der Waals surface area contributed by atoms with Gasteiger partial charge < -0.3 is 9.47 Å². The van der Waals surface area contributed by atoms with E-state index in [9.17, 15) is 0 Å². The van der Waals surface area contributed by atoms with Crippen LogP contribution in [0.1, 0.15) is 43.9 Å². The summed E-state index contributed by atoms with van der Waals surface area (Å²) in [5.41, 5.74) is 4.31. The lowest BCUT2D eigenvalue weighted by molar-refractivity contribution is -0.105. The van der Waals surface area contributed by atoms with Crippen LogP contribution in [0.4, 0.5) is 0 Å². The average molecular weight is 250 g/mol. The first-order valence-electron chi connectivity index (χ1n) is 6.54. The molecule has 0 heterocycles. The first-order chi connectivity index (χ1) is 8.38. The van der Waals surface area contributed by atoms with Crippen LogP contribution < -0.4 is 0 Å². The third-order valence-corrected chi connectivity index (χ3v) is 3.39. The van der Waals surface area contributed by atoms with Gasteiger partial charge in [0.25, 0.3) is 0 Å². The molecule has 0 aliphatic rings. The van der Waals surface area contributed by atoms with E-state index in [0.29, 0.717) is 0 Å². The van der Waals surface area contributed by atoms with Gasteiger partial charge in [-0.2, -0.15) is 0 Å². The fraction of sp³-hybridized carbons (Fsp3) is 0.625. The Labute approximate surface area is 111 Å². The molecule has 1 aromatic rings. The highest BCUT2D eigenvalue weighted by Crippen LogP contribution is 2.25. The zero-order valence-electron chi connectivity index (χ0n) is 12.5. The molecule has 1 aromatic carbocycles. The summed E-state index contributed by atoms with van der Waals surface area (Å²) in [7, 11) is 3.37. The van der Waals surface area contributed by atoms with Crippen LogP contribution in [0.3, 0.4) is 0 Å². The quantitative estimate of drug-likeness (QED) is 0.739. The maximum atomic E-state index is 5.24. The number of hydrogen-bond donors (Lipinski definition) is 0. The molecule has 0 bridgehead atoms. The van der Waals surface area contributed by atoms with Crippen molar-refractivity contribution in [2.75, 3.05) is 14.2 Å². The lowest BCUT2D eigenvalue weighted by Gasteiger charge is -2.21. The average Bonchev–Trinajstić information content (AvgIpc) is 2.31. The van der Waals surface area contributed by atoms with Gasteiger partial charge in [0.15, 0.2) is 6.29 Å². The van der Waals surface area contributed by atoms with E-state index in [1.807, 2.05) is 0 Å². The summed E-state index contributed by atoms with van der Waals surface area (Å²) >= 11 is 0. The Kier molecular flexibility index (Phi) is 5.36. The molecule has 0 aromatic heterocycles. The molecule has 0 unspecified atom stereocenters. The summed E-state index contributed by atoms with van der Waals surface area (Å²) in [4.78, 5) is 0. The summed E-state index contributed by atoms with van der Waals surface area (Å²) in [5, 5.41) is 0. The number of methoxy groups -OCH3 is 2. The highest BCUT2D eigenvalue weighted by Gasteiger charge is 2.15. The number of hydrogen-bond acceptors (Lipinski definition) is 2. The highest BCUT2D eigenvalue weighted by atomic mass is 16.7. The van der Waals surface area contributed by atoms with Crippen molar-refractivity contribution in [1.82, 2.24) is 0 Å². The van der Waals surface area contributed by atoms with Crippen molar-refractivity contribution in [1.29, 1.82) is 0 Å². The second-order valence-corrected chi connectivity index (χ2v) is 5.83. The van der Waals surface area contributed by atoms with E-state index in [1.54, 1.807) is 14.2 Å². The minimum atomic E-state index is -0.109. The van der Waals surface area contributed by atoms with Gasteiger partial charge in [-0.25, -0.2) is 0 Å². The summed E-state index contributed by atoms with van der Waals surface area (Å²) in [5.74, 6) is 0. The summed E-state index contributed by atoms with van der Waals surface area (Å²) < 4.78 is 10.5. The monoisotopic (exact) mass is 250 g/mol. The maximum absolute atomic E-state index is 5.24. The van der Waals surface area contributed by atoms with Gasteiger partial charge in [0.2, 0.25) is 0 Å². The van der Waals surface area contributed by atoms with Crippen LogP contribution >= 0.6 is 0 Å². The molecule has 18 heavy (non-hydrogen) atoms. The third kappa shape index (κ3) is 4.11. The Morgan fingerprint density at radius 3 is 2.22 bits per heavy atom. The van der Waals surface area contributed by atoms with Gasteiger partial charge in [-0.1, -0.05) is 39.0 Å². The van der Waals surface area contributed by atoms with E-state index < -0.39 is 0 Å². The molecule has 0 amide bonds. The van der Waals surface area contributed by atoms with Crippen molar-refractivity contribution in [2.24, 2.45) is 0 Å². The molecular formula is C16H26O2. The van der Waals surface area contributed by atoms with Gasteiger partial charge in [0.05, 0.1) is 0 Å². The Bertz CT molecular complexity index is 373. The molecule has 0 aliphatic carbocycles. The third-order valence-electron chi connectivity index (χ3n) is 3.39. The first-order valence-corrected chi connectivity index (χ1v) is 6.54. The van der Waals surface area contributed by atoms with Gasteiger partial charge in [0.1, 0.15) is 0 Å². The van der Waals surface area contributed by atoms with Crippen LogP contribution in [0.15, 0.2) is 18.2 Å².